The second-order valence-corrected chi connectivity index (χ2v) is 9.23. The van der Waals surface area contributed by atoms with Crippen LogP contribution in [0.3, 0.4) is 0 Å². The first-order valence-electron chi connectivity index (χ1n) is 9.98. The number of quaternary nitrogens is 1. The number of aromatic nitrogens is 3. The van der Waals surface area contributed by atoms with Crippen LogP contribution in [0.2, 0.25) is 0 Å². The quantitative estimate of drug-likeness (QED) is 0.706. The zero-order valence-electron chi connectivity index (χ0n) is 17.1. The van der Waals surface area contributed by atoms with Gasteiger partial charge >= 0.3 is 0 Å². The summed E-state index contributed by atoms with van der Waals surface area (Å²) in [6.45, 7) is 12.3. The van der Waals surface area contributed by atoms with Gasteiger partial charge < -0.3 is 14.7 Å². The molecule has 6 nitrogen and oxygen atoms in total. The van der Waals surface area contributed by atoms with Crippen LogP contribution >= 0.6 is 11.3 Å². The lowest BCUT2D eigenvalue weighted by atomic mass is 9.97. The second-order valence-electron chi connectivity index (χ2n) is 8.22. The maximum Gasteiger partial charge on any atom is 0.235 e. The Bertz CT molecular complexity index is 953. The molecule has 2 aromatic heterocycles. The number of hydrogen-bond acceptors (Lipinski definition) is 5. The lowest BCUT2D eigenvalue weighted by molar-refractivity contribution is -0.939. The highest BCUT2D eigenvalue weighted by Crippen LogP contribution is 2.35. The highest BCUT2D eigenvalue weighted by Gasteiger charge is 2.37. The number of aryl methyl sites for hydroxylation is 1. The van der Waals surface area contributed by atoms with Gasteiger partial charge in [0.2, 0.25) is 10.8 Å². The Morgan fingerprint density at radius 2 is 1.75 bits per heavy atom. The van der Waals surface area contributed by atoms with Gasteiger partial charge in [-0.25, -0.2) is 4.98 Å². The highest BCUT2D eigenvalue weighted by atomic mass is 32.1. The number of fused-ring (bicyclic) bond motifs is 1. The van der Waals surface area contributed by atoms with Crippen molar-refractivity contribution in [3.8, 4) is 5.88 Å². The Labute approximate surface area is 169 Å². The largest absolute Gasteiger partial charge is 0.492 e. The fourth-order valence-electron chi connectivity index (χ4n) is 4.23. The van der Waals surface area contributed by atoms with Gasteiger partial charge in [0.15, 0.2) is 6.04 Å². The zero-order chi connectivity index (χ0) is 20.0. The molecule has 150 valence electrons. The Hall–Kier alpha value is -1.96. The van der Waals surface area contributed by atoms with E-state index in [1.54, 1.807) is 4.52 Å². The molecular formula is C21H29N4O2S+. The molecular weight excluding hydrogens is 372 g/mol. The molecule has 1 aliphatic heterocycles. The van der Waals surface area contributed by atoms with E-state index in [9.17, 15) is 5.11 Å². The summed E-state index contributed by atoms with van der Waals surface area (Å²) >= 11 is 1.53. The normalized spacial score (nSPS) is 24.1. The molecule has 0 radical (unpaired) electrons. The minimum atomic E-state index is 0.0313. The molecule has 0 aliphatic carbocycles. The zero-order valence-corrected chi connectivity index (χ0v) is 18.0. The van der Waals surface area contributed by atoms with Gasteiger partial charge in [-0.15, -0.1) is 5.10 Å². The molecule has 0 amide bonds. The maximum absolute atomic E-state index is 11.0. The number of nitrogens with one attached hydrogen (secondary N) is 1. The number of ether oxygens (including phenoxy) is 1. The summed E-state index contributed by atoms with van der Waals surface area (Å²) < 4.78 is 7.54. The highest BCUT2D eigenvalue weighted by molar-refractivity contribution is 7.17. The van der Waals surface area contributed by atoms with Gasteiger partial charge in [0.05, 0.1) is 0 Å². The number of thiazole rings is 1. The van der Waals surface area contributed by atoms with Crippen molar-refractivity contribution >= 4 is 16.3 Å². The molecule has 1 saturated heterocycles. The monoisotopic (exact) mass is 401 g/mol. The molecule has 3 atom stereocenters. The van der Waals surface area contributed by atoms with Crippen molar-refractivity contribution in [1.29, 1.82) is 0 Å². The van der Waals surface area contributed by atoms with Crippen LogP contribution in [0.15, 0.2) is 24.3 Å². The summed E-state index contributed by atoms with van der Waals surface area (Å²) in [5.74, 6) is 1.37. The topological polar surface area (TPSA) is 64.1 Å². The van der Waals surface area contributed by atoms with Gasteiger partial charge in [-0.05, 0) is 32.3 Å². The summed E-state index contributed by atoms with van der Waals surface area (Å²) in [5.41, 5.74) is 2.53. The minimum absolute atomic E-state index is 0.0313. The van der Waals surface area contributed by atoms with Gasteiger partial charge in [-0.2, -0.15) is 4.52 Å². The third-order valence-corrected chi connectivity index (χ3v) is 6.56. The first-order valence-corrected chi connectivity index (χ1v) is 10.8. The van der Waals surface area contributed by atoms with Crippen LogP contribution in [0, 0.1) is 6.92 Å². The van der Waals surface area contributed by atoms with Crippen molar-refractivity contribution in [3.05, 3.63) is 46.1 Å². The minimum Gasteiger partial charge on any atom is -0.492 e. The Morgan fingerprint density at radius 1 is 1.14 bits per heavy atom. The smallest absolute Gasteiger partial charge is 0.235 e. The lowest BCUT2D eigenvalue weighted by Crippen LogP contribution is -3.15. The van der Waals surface area contributed by atoms with Crippen LogP contribution in [-0.4, -0.2) is 45.0 Å². The van der Waals surface area contributed by atoms with E-state index >= 15 is 0 Å². The summed E-state index contributed by atoms with van der Waals surface area (Å²) in [6.07, 6.45) is 0.366. The predicted molar refractivity (Wildman–Crippen MR) is 110 cm³/mol. The van der Waals surface area contributed by atoms with Gasteiger partial charge in [0.25, 0.3) is 0 Å². The van der Waals surface area contributed by atoms with Crippen LogP contribution in [-0.2, 0) is 4.74 Å². The van der Waals surface area contributed by atoms with E-state index in [0.717, 1.165) is 22.9 Å². The van der Waals surface area contributed by atoms with Gasteiger partial charge in [-0.3, -0.25) is 0 Å². The summed E-state index contributed by atoms with van der Waals surface area (Å²) in [4.78, 5) is 7.52. The number of rotatable bonds is 4. The van der Waals surface area contributed by atoms with Crippen LogP contribution in [0.5, 0.6) is 5.88 Å². The van der Waals surface area contributed by atoms with Crippen molar-refractivity contribution in [2.24, 2.45) is 0 Å². The molecule has 1 aliphatic rings. The fourth-order valence-corrected chi connectivity index (χ4v) is 5.42. The molecule has 3 heterocycles. The Balaban J connectivity index is 1.80. The van der Waals surface area contributed by atoms with Crippen LogP contribution in [0.25, 0.3) is 4.96 Å². The van der Waals surface area contributed by atoms with E-state index in [1.807, 2.05) is 6.92 Å². The maximum atomic E-state index is 11.0. The first kappa shape index (κ1) is 19.4. The van der Waals surface area contributed by atoms with Gasteiger partial charge in [0, 0.05) is 5.56 Å². The number of benzene rings is 1. The van der Waals surface area contributed by atoms with E-state index in [0.29, 0.717) is 11.7 Å². The number of nitrogens with zero attached hydrogens (tertiary/aromatic N) is 3. The summed E-state index contributed by atoms with van der Waals surface area (Å²) in [6, 6.07) is 8.86. The molecule has 3 aromatic rings. The molecule has 1 fully saturated rings. The van der Waals surface area contributed by atoms with Crippen LogP contribution < -0.4 is 4.90 Å². The van der Waals surface area contributed by atoms with E-state index in [4.69, 9.17) is 4.74 Å². The molecule has 2 N–H and O–H groups in total. The van der Waals surface area contributed by atoms with Crippen molar-refractivity contribution in [2.75, 3.05) is 13.1 Å². The molecule has 0 bridgehead atoms. The van der Waals surface area contributed by atoms with Crippen molar-refractivity contribution in [3.63, 3.8) is 0 Å². The predicted octanol–water partition coefficient (Wildman–Crippen LogP) is 2.71. The average Bonchev–Trinajstić information content (AvgIpc) is 3.13. The lowest BCUT2D eigenvalue weighted by Gasteiger charge is -2.37. The first-order chi connectivity index (χ1) is 13.3. The Kier molecular flexibility index (Phi) is 5.16. The second kappa shape index (κ2) is 7.46. The van der Waals surface area contributed by atoms with Crippen molar-refractivity contribution in [2.45, 2.75) is 58.8 Å². The fraction of sp³-hybridized carbons (Fsp3) is 0.524. The third kappa shape index (κ3) is 3.54. The van der Waals surface area contributed by atoms with Crippen LogP contribution in [0.1, 0.15) is 61.5 Å². The molecule has 7 heteroatoms. The molecule has 1 aromatic carbocycles. The SMILES string of the molecule is Cc1nc2sc([C@@H](c3ccc(C(C)C)cc3)[NH+]3C[C@@H](C)O[C@H](C)C3)c(O)n2n1. The van der Waals surface area contributed by atoms with Crippen molar-refractivity contribution in [1.82, 2.24) is 14.6 Å². The number of aromatic hydroxyl groups is 1. The number of hydrogen-bond donors (Lipinski definition) is 2. The summed E-state index contributed by atoms with van der Waals surface area (Å²) in [7, 11) is 0. The molecule has 0 saturated carbocycles. The molecule has 0 spiro atoms. The van der Waals surface area contributed by atoms with Gasteiger partial charge in [0.1, 0.15) is 36.0 Å². The van der Waals surface area contributed by atoms with Gasteiger partial charge in [-0.1, -0.05) is 49.4 Å². The molecule has 0 unspecified atom stereocenters. The summed E-state index contributed by atoms with van der Waals surface area (Å²) in [5, 5.41) is 15.3. The van der Waals surface area contributed by atoms with Crippen LogP contribution in [0.4, 0.5) is 0 Å². The Morgan fingerprint density at radius 3 is 2.32 bits per heavy atom. The number of morpholine rings is 1. The van der Waals surface area contributed by atoms with Crippen molar-refractivity contribution < 1.29 is 14.7 Å². The average molecular weight is 402 g/mol. The molecule has 4 rings (SSSR count). The molecule has 28 heavy (non-hydrogen) atoms. The van der Waals surface area contributed by atoms with E-state index in [1.165, 1.54) is 27.4 Å². The van der Waals surface area contributed by atoms with E-state index < -0.39 is 0 Å². The standard InChI is InChI=1S/C21H28N4O2S/c1-12(2)16-6-8-17(9-7-16)18(24-10-13(3)27-14(4)11-24)19-20(26)25-21(28-19)22-15(5)23-25/h6-9,12-14,18,26H,10-11H2,1-5H3/p+1/t13-,14-,18-/m1/s1. The third-order valence-electron chi connectivity index (χ3n) is 5.48. The van der Waals surface area contributed by atoms with E-state index in [-0.39, 0.29) is 24.1 Å². The van der Waals surface area contributed by atoms with E-state index in [2.05, 4.69) is 62.0 Å².